The maximum atomic E-state index is 12.2. The van der Waals surface area contributed by atoms with Gasteiger partial charge in [0.05, 0.1) is 30.5 Å². The predicted octanol–water partition coefficient (Wildman–Crippen LogP) is 2.61. The normalized spacial score (nSPS) is 11.9. The van der Waals surface area contributed by atoms with Gasteiger partial charge in [0.2, 0.25) is 5.91 Å². The molecular formula is C16H17N3O2. The van der Waals surface area contributed by atoms with Crippen molar-refractivity contribution in [2.24, 2.45) is 0 Å². The SMILES string of the molecule is C[C@@H](C(=O)Nc1cccc(C#N)c1)N(C)Cc1ccco1. The molecule has 1 N–H and O–H groups in total. The zero-order valence-electron chi connectivity index (χ0n) is 12.0. The molecule has 0 saturated heterocycles. The molecule has 0 aliphatic carbocycles. The molecule has 2 aromatic rings. The first-order chi connectivity index (χ1) is 10.1. The summed E-state index contributed by atoms with van der Waals surface area (Å²) in [6.07, 6.45) is 1.61. The number of nitriles is 1. The molecular weight excluding hydrogens is 266 g/mol. The van der Waals surface area contributed by atoms with Gasteiger partial charge in [-0.3, -0.25) is 9.69 Å². The number of rotatable bonds is 5. The summed E-state index contributed by atoms with van der Waals surface area (Å²) in [6.45, 7) is 2.38. The molecule has 1 heterocycles. The highest BCUT2D eigenvalue weighted by Gasteiger charge is 2.19. The highest BCUT2D eigenvalue weighted by atomic mass is 16.3. The summed E-state index contributed by atoms with van der Waals surface area (Å²) >= 11 is 0. The maximum absolute atomic E-state index is 12.2. The van der Waals surface area contributed by atoms with Crippen LogP contribution < -0.4 is 5.32 Å². The number of hydrogen-bond acceptors (Lipinski definition) is 4. The quantitative estimate of drug-likeness (QED) is 0.915. The highest BCUT2D eigenvalue weighted by molar-refractivity contribution is 5.94. The number of nitrogens with zero attached hydrogens (tertiary/aromatic N) is 2. The van der Waals surface area contributed by atoms with Gasteiger partial charge in [0.15, 0.2) is 0 Å². The Labute approximate surface area is 123 Å². The van der Waals surface area contributed by atoms with Gasteiger partial charge in [0, 0.05) is 5.69 Å². The summed E-state index contributed by atoms with van der Waals surface area (Å²) in [6, 6.07) is 12.3. The van der Waals surface area contributed by atoms with E-state index in [0.29, 0.717) is 17.8 Å². The van der Waals surface area contributed by atoms with E-state index in [0.717, 1.165) is 5.76 Å². The number of amides is 1. The molecule has 0 spiro atoms. The van der Waals surface area contributed by atoms with Crippen LogP contribution in [0.3, 0.4) is 0 Å². The van der Waals surface area contributed by atoms with E-state index in [9.17, 15) is 4.79 Å². The Kier molecular flexibility index (Phi) is 4.75. The third kappa shape index (κ3) is 3.94. The monoisotopic (exact) mass is 283 g/mol. The summed E-state index contributed by atoms with van der Waals surface area (Å²) in [5, 5.41) is 11.7. The second-order valence-corrected chi connectivity index (χ2v) is 4.85. The summed E-state index contributed by atoms with van der Waals surface area (Å²) < 4.78 is 5.27. The van der Waals surface area contributed by atoms with Crippen LogP contribution in [0.2, 0.25) is 0 Å². The van der Waals surface area contributed by atoms with Gasteiger partial charge in [-0.05, 0) is 44.3 Å². The van der Waals surface area contributed by atoms with Gasteiger partial charge in [0.1, 0.15) is 5.76 Å². The minimum absolute atomic E-state index is 0.126. The van der Waals surface area contributed by atoms with Crippen LogP contribution in [0.5, 0.6) is 0 Å². The predicted molar refractivity (Wildman–Crippen MR) is 79.4 cm³/mol. The van der Waals surface area contributed by atoms with Crippen molar-refractivity contribution in [2.75, 3.05) is 12.4 Å². The molecule has 0 bridgehead atoms. The zero-order chi connectivity index (χ0) is 15.2. The van der Waals surface area contributed by atoms with E-state index < -0.39 is 0 Å². The number of anilines is 1. The van der Waals surface area contributed by atoms with Gasteiger partial charge in [-0.25, -0.2) is 0 Å². The van der Waals surface area contributed by atoms with Gasteiger partial charge >= 0.3 is 0 Å². The summed E-state index contributed by atoms with van der Waals surface area (Å²) in [7, 11) is 1.86. The fraction of sp³-hybridized carbons (Fsp3) is 0.250. The fourth-order valence-corrected chi connectivity index (χ4v) is 1.90. The Balaban J connectivity index is 1.97. The first kappa shape index (κ1) is 14.8. The van der Waals surface area contributed by atoms with Crippen LogP contribution in [0.4, 0.5) is 5.69 Å². The summed E-state index contributed by atoms with van der Waals surface area (Å²) in [5.74, 6) is 0.683. The minimum Gasteiger partial charge on any atom is -0.468 e. The van der Waals surface area contributed by atoms with Gasteiger partial charge in [-0.15, -0.1) is 0 Å². The van der Waals surface area contributed by atoms with E-state index in [4.69, 9.17) is 9.68 Å². The number of carbonyl (C=O) groups excluding carboxylic acids is 1. The number of nitrogens with one attached hydrogen (secondary N) is 1. The van der Waals surface area contributed by atoms with Gasteiger partial charge < -0.3 is 9.73 Å². The zero-order valence-corrected chi connectivity index (χ0v) is 12.0. The molecule has 1 aromatic heterocycles. The van der Waals surface area contributed by atoms with Crippen molar-refractivity contribution in [3.8, 4) is 6.07 Å². The average Bonchev–Trinajstić information content (AvgIpc) is 2.99. The van der Waals surface area contributed by atoms with Gasteiger partial charge in [0.25, 0.3) is 0 Å². The first-order valence-electron chi connectivity index (χ1n) is 6.64. The van der Waals surface area contributed by atoms with Crippen LogP contribution in [0.1, 0.15) is 18.2 Å². The van der Waals surface area contributed by atoms with Crippen LogP contribution in [0.15, 0.2) is 47.1 Å². The first-order valence-corrected chi connectivity index (χ1v) is 6.64. The lowest BCUT2D eigenvalue weighted by Gasteiger charge is -2.22. The third-order valence-corrected chi connectivity index (χ3v) is 3.29. The highest BCUT2D eigenvalue weighted by Crippen LogP contribution is 2.12. The topological polar surface area (TPSA) is 69.3 Å². The van der Waals surface area contributed by atoms with E-state index in [1.54, 1.807) is 30.5 Å². The number of hydrogen-bond donors (Lipinski definition) is 1. The minimum atomic E-state index is -0.319. The molecule has 1 atom stereocenters. The average molecular weight is 283 g/mol. The smallest absolute Gasteiger partial charge is 0.241 e. The second kappa shape index (κ2) is 6.73. The third-order valence-electron chi connectivity index (χ3n) is 3.29. The lowest BCUT2D eigenvalue weighted by molar-refractivity contribution is -0.120. The fourth-order valence-electron chi connectivity index (χ4n) is 1.90. The van der Waals surface area contributed by atoms with E-state index in [1.165, 1.54) is 0 Å². The largest absolute Gasteiger partial charge is 0.468 e. The van der Waals surface area contributed by atoms with Crippen LogP contribution in [0, 0.1) is 11.3 Å². The molecule has 2 rings (SSSR count). The molecule has 0 fully saturated rings. The molecule has 0 radical (unpaired) electrons. The van der Waals surface area contributed by atoms with Crippen molar-refractivity contribution in [2.45, 2.75) is 19.5 Å². The molecule has 0 unspecified atom stereocenters. The van der Waals surface area contributed by atoms with Crippen molar-refractivity contribution >= 4 is 11.6 Å². The van der Waals surface area contributed by atoms with Crippen molar-refractivity contribution in [3.05, 3.63) is 54.0 Å². The number of carbonyl (C=O) groups is 1. The Bertz CT molecular complexity index is 644. The van der Waals surface area contributed by atoms with Crippen molar-refractivity contribution in [1.82, 2.24) is 4.90 Å². The Morgan fingerprint density at radius 3 is 2.90 bits per heavy atom. The molecule has 5 nitrogen and oxygen atoms in total. The van der Waals surface area contributed by atoms with Crippen molar-refractivity contribution in [3.63, 3.8) is 0 Å². The van der Waals surface area contributed by atoms with E-state index >= 15 is 0 Å². The summed E-state index contributed by atoms with van der Waals surface area (Å²) in [4.78, 5) is 14.1. The molecule has 108 valence electrons. The Hall–Kier alpha value is -2.58. The lowest BCUT2D eigenvalue weighted by Crippen LogP contribution is -2.39. The van der Waals surface area contributed by atoms with E-state index in [2.05, 4.69) is 5.32 Å². The van der Waals surface area contributed by atoms with Crippen LogP contribution in [-0.4, -0.2) is 23.9 Å². The van der Waals surface area contributed by atoms with Crippen LogP contribution >= 0.6 is 0 Å². The Morgan fingerprint density at radius 1 is 1.43 bits per heavy atom. The molecule has 5 heteroatoms. The molecule has 21 heavy (non-hydrogen) atoms. The molecule has 1 amide bonds. The number of benzene rings is 1. The summed E-state index contributed by atoms with van der Waals surface area (Å²) in [5.41, 5.74) is 1.14. The molecule has 0 aliphatic rings. The van der Waals surface area contributed by atoms with Gasteiger partial charge in [-0.2, -0.15) is 5.26 Å². The number of likely N-dealkylation sites (N-methyl/N-ethyl adjacent to an activating group) is 1. The lowest BCUT2D eigenvalue weighted by atomic mass is 10.2. The van der Waals surface area contributed by atoms with Crippen LogP contribution in [0.25, 0.3) is 0 Å². The second-order valence-electron chi connectivity index (χ2n) is 4.85. The van der Waals surface area contributed by atoms with Crippen molar-refractivity contribution in [1.29, 1.82) is 5.26 Å². The van der Waals surface area contributed by atoms with E-state index in [1.807, 2.05) is 37.1 Å². The van der Waals surface area contributed by atoms with E-state index in [-0.39, 0.29) is 11.9 Å². The maximum Gasteiger partial charge on any atom is 0.241 e. The van der Waals surface area contributed by atoms with Crippen molar-refractivity contribution < 1.29 is 9.21 Å². The molecule has 0 saturated carbocycles. The molecule has 0 aliphatic heterocycles. The standard InChI is InChI=1S/C16H17N3O2/c1-12(19(2)11-15-7-4-8-21-15)16(20)18-14-6-3-5-13(9-14)10-17/h3-9,12H,11H2,1-2H3,(H,18,20)/t12-/m0/s1. The van der Waals surface area contributed by atoms with Crippen LogP contribution in [-0.2, 0) is 11.3 Å². The molecule has 1 aromatic carbocycles. The van der Waals surface area contributed by atoms with Gasteiger partial charge in [-0.1, -0.05) is 6.07 Å². The number of furan rings is 1. The Morgan fingerprint density at radius 2 is 2.24 bits per heavy atom.